The summed E-state index contributed by atoms with van der Waals surface area (Å²) in [5.41, 5.74) is 1.26. The molecule has 1 aliphatic rings. The van der Waals surface area contributed by atoms with Gasteiger partial charge in [0.05, 0.1) is 28.5 Å². The molecular weight excluding hydrogens is 398 g/mol. The van der Waals surface area contributed by atoms with Gasteiger partial charge in [-0.2, -0.15) is 10.1 Å². The number of hydrogen-bond acceptors (Lipinski definition) is 6. The maximum Gasteiger partial charge on any atom is 0.315 e. The Kier molecular flexibility index (Phi) is 5.12. The van der Waals surface area contributed by atoms with E-state index in [4.69, 9.17) is 4.74 Å². The minimum Gasteiger partial charge on any atom is -0.500 e. The minimum absolute atomic E-state index is 0.0185. The topological polar surface area (TPSA) is 105 Å². The fraction of sp³-hybridized carbons (Fsp3) is 0.130. The standard InChI is InChI=1S/C23H19N3O5/c1-3-31-21-12-15(11-20(22(21)27)26(29)30)10-19-14(2)24-25(23(19)28)18-9-8-16-6-4-5-7-17(16)13-18/h4-13,27H,3H2,1-2H3/b19-10-. The molecule has 0 fully saturated rings. The summed E-state index contributed by atoms with van der Waals surface area (Å²) in [7, 11) is 0. The lowest BCUT2D eigenvalue weighted by Gasteiger charge is -2.12. The van der Waals surface area contributed by atoms with Gasteiger partial charge < -0.3 is 9.84 Å². The molecule has 0 saturated heterocycles. The average Bonchev–Trinajstić information content (AvgIpc) is 3.03. The molecule has 8 nitrogen and oxygen atoms in total. The van der Waals surface area contributed by atoms with E-state index in [0.29, 0.717) is 22.5 Å². The van der Waals surface area contributed by atoms with Crippen molar-refractivity contribution in [3.05, 3.63) is 75.8 Å². The number of phenols is 1. The first-order valence-electron chi connectivity index (χ1n) is 9.63. The zero-order valence-corrected chi connectivity index (χ0v) is 16.9. The SMILES string of the molecule is CCOc1cc(/C=C2\C(=O)N(c3ccc4ccccc4c3)N=C2C)cc([N+](=O)[O-])c1O. The highest BCUT2D eigenvalue weighted by Crippen LogP contribution is 2.38. The smallest absolute Gasteiger partial charge is 0.315 e. The molecular formula is C23H19N3O5. The van der Waals surface area contributed by atoms with Gasteiger partial charge in [0.25, 0.3) is 5.91 Å². The molecule has 3 aromatic rings. The number of phenolic OH excluding ortho intramolecular Hbond substituents is 1. The van der Waals surface area contributed by atoms with Gasteiger partial charge in [-0.3, -0.25) is 14.9 Å². The summed E-state index contributed by atoms with van der Waals surface area (Å²) in [5, 5.41) is 29.1. The van der Waals surface area contributed by atoms with Gasteiger partial charge in [-0.25, -0.2) is 0 Å². The van der Waals surface area contributed by atoms with Crippen LogP contribution in [0.5, 0.6) is 11.5 Å². The Bertz CT molecular complexity index is 1280. The first-order chi connectivity index (χ1) is 14.9. The lowest BCUT2D eigenvalue weighted by molar-refractivity contribution is -0.386. The molecule has 31 heavy (non-hydrogen) atoms. The number of hydrazone groups is 1. The fourth-order valence-corrected chi connectivity index (χ4v) is 3.44. The maximum atomic E-state index is 13.1. The molecule has 0 aromatic heterocycles. The number of aromatic hydroxyl groups is 1. The largest absolute Gasteiger partial charge is 0.500 e. The Hall–Kier alpha value is -4.20. The average molecular weight is 417 g/mol. The van der Waals surface area contributed by atoms with Crippen LogP contribution in [0.4, 0.5) is 11.4 Å². The van der Waals surface area contributed by atoms with Gasteiger partial charge in [0.15, 0.2) is 5.75 Å². The van der Waals surface area contributed by atoms with Crippen LogP contribution in [0, 0.1) is 10.1 Å². The Labute approximate surface area is 177 Å². The lowest BCUT2D eigenvalue weighted by atomic mass is 10.1. The van der Waals surface area contributed by atoms with Crippen LogP contribution in [0.2, 0.25) is 0 Å². The molecule has 0 atom stereocenters. The van der Waals surface area contributed by atoms with E-state index in [9.17, 15) is 20.0 Å². The number of fused-ring (bicyclic) bond motifs is 1. The molecule has 0 bridgehead atoms. The van der Waals surface area contributed by atoms with Gasteiger partial charge in [0.2, 0.25) is 5.75 Å². The van der Waals surface area contributed by atoms with Crippen molar-refractivity contribution in [2.75, 3.05) is 11.6 Å². The van der Waals surface area contributed by atoms with E-state index in [1.807, 2.05) is 42.5 Å². The molecule has 0 aliphatic carbocycles. The van der Waals surface area contributed by atoms with Crippen molar-refractivity contribution in [2.24, 2.45) is 5.10 Å². The van der Waals surface area contributed by atoms with Crippen molar-refractivity contribution in [3.63, 3.8) is 0 Å². The summed E-state index contributed by atoms with van der Waals surface area (Å²) in [5.74, 6) is -0.911. The molecule has 156 valence electrons. The van der Waals surface area contributed by atoms with Gasteiger partial charge in [0, 0.05) is 6.07 Å². The number of anilines is 1. The number of nitro benzene ring substituents is 1. The Morgan fingerprint density at radius 3 is 2.61 bits per heavy atom. The van der Waals surface area contributed by atoms with Crippen molar-refractivity contribution in [2.45, 2.75) is 13.8 Å². The Morgan fingerprint density at radius 1 is 1.16 bits per heavy atom. The van der Waals surface area contributed by atoms with E-state index in [1.165, 1.54) is 23.2 Å². The summed E-state index contributed by atoms with van der Waals surface area (Å²) < 4.78 is 5.31. The number of carbonyl (C=O) groups excluding carboxylic acids is 1. The summed E-state index contributed by atoms with van der Waals surface area (Å²) >= 11 is 0. The molecule has 0 saturated carbocycles. The number of carbonyl (C=O) groups is 1. The molecule has 8 heteroatoms. The molecule has 0 radical (unpaired) electrons. The third-order valence-corrected chi connectivity index (χ3v) is 4.92. The summed E-state index contributed by atoms with van der Waals surface area (Å²) in [6.07, 6.45) is 1.51. The predicted octanol–water partition coefficient (Wildman–Crippen LogP) is 4.66. The van der Waals surface area contributed by atoms with Crippen molar-refractivity contribution >= 4 is 39.8 Å². The summed E-state index contributed by atoms with van der Waals surface area (Å²) in [4.78, 5) is 23.7. The monoisotopic (exact) mass is 417 g/mol. The molecule has 4 rings (SSSR count). The number of ether oxygens (including phenoxy) is 1. The summed E-state index contributed by atoms with van der Waals surface area (Å²) in [6, 6.07) is 16.1. The lowest BCUT2D eigenvalue weighted by Crippen LogP contribution is -2.21. The molecule has 0 unspecified atom stereocenters. The van der Waals surface area contributed by atoms with E-state index in [2.05, 4.69) is 5.10 Å². The minimum atomic E-state index is -0.696. The molecule has 1 amide bonds. The van der Waals surface area contributed by atoms with E-state index < -0.39 is 16.4 Å². The third-order valence-electron chi connectivity index (χ3n) is 4.92. The highest BCUT2D eigenvalue weighted by Gasteiger charge is 2.29. The van der Waals surface area contributed by atoms with Crippen molar-refractivity contribution < 1.29 is 19.6 Å². The van der Waals surface area contributed by atoms with Crippen LogP contribution in [0.15, 0.2) is 65.3 Å². The second kappa shape index (κ2) is 7.91. The number of benzene rings is 3. The van der Waals surface area contributed by atoms with Crippen LogP contribution in [0.3, 0.4) is 0 Å². The first-order valence-corrected chi connectivity index (χ1v) is 9.63. The predicted molar refractivity (Wildman–Crippen MR) is 118 cm³/mol. The number of nitrogens with zero attached hydrogens (tertiary/aromatic N) is 3. The van der Waals surface area contributed by atoms with Gasteiger partial charge in [-0.1, -0.05) is 30.3 Å². The second-order valence-corrected chi connectivity index (χ2v) is 6.97. The van der Waals surface area contributed by atoms with Crippen LogP contribution < -0.4 is 9.75 Å². The second-order valence-electron chi connectivity index (χ2n) is 6.97. The van der Waals surface area contributed by atoms with Gasteiger partial charge in [-0.05, 0) is 54.5 Å². The number of nitro groups is 1. The zero-order chi connectivity index (χ0) is 22.1. The molecule has 0 spiro atoms. The van der Waals surface area contributed by atoms with Crippen LogP contribution in [0.25, 0.3) is 16.8 Å². The quantitative estimate of drug-likeness (QED) is 0.369. The normalized spacial score (nSPS) is 14.9. The highest BCUT2D eigenvalue weighted by atomic mass is 16.6. The van der Waals surface area contributed by atoms with Crippen LogP contribution in [-0.4, -0.2) is 28.3 Å². The van der Waals surface area contributed by atoms with E-state index in [0.717, 1.165) is 10.8 Å². The van der Waals surface area contributed by atoms with Gasteiger partial charge in [-0.15, -0.1) is 0 Å². The zero-order valence-electron chi connectivity index (χ0n) is 16.9. The van der Waals surface area contributed by atoms with Crippen LogP contribution in [0.1, 0.15) is 19.4 Å². The molecule has 1 N–H and O–H groups in total. The van der Waals surface area contributed by atoms with E-state index >= 15 is 0 Å². The maximum absolute atomic E-state index is 13.1. The fourth-order valence-electron chi connectivity index (χ4n) is 3.44. The number of amides is 1. The van der Waals surface area contributed by atoms with Crippen molar-refractivity contribution in [3.8, 4) is 11.5 Å². The Balaban J connectivity index is 1.73. The number of hydrogen-bond donors (Lipinski definition) is 1. The molecule has 1 aliphatic heterocycles. The number of rotatable bonds is 5. The van der Waals surface area contributed by atoms with Crippen LogP contribution >= 0.6 is 0 Å². The van der Waals surface area contributed by atoms with E-state index in [-0.39, 0.29) is 18.3 Å². The van der Waals surface area contributed by atoms with E-state index in [1.54, 1.807) is 13.8 Å². The third kappa shape index (κ3) is 3.71. The van der Waals surface area contributed by atoms with Gasteiger partial charge in [0.1, 0.15) is 0 Å². The molecule has 1 heterocycles. The van der Waals surface area contributed by atoms with Crippen LogP contribution in [-0.2, 0) is 4.79 Å². The van der Waals surface area contributed by atoms with Gasteiger partial charge >= 0.3 is 5.69 Å². The van der Waals surface area contributed by atoms with Crippen molar-refractivity contribution in [1.29, 1.82) is 0 Å². The first kappa shape index (κ1) is 20.1. The Morgan fingerprint density at radius 2 is 1.90 bits per heavy atom. The summed E-state index contributed by atoms with van der Waals surface area (Å²) in [6.45, 7) is 3.62. The highest BCUT2D eigenvalue weighted by molar-refractivity contribution is 6.32. The van der Waals surface area contributed by atoms with Crippen molar-refractivity contribution in [1.82, 2.24) is 0 Å². The molecule has 3 aromatic carbocycles.